The Bertz CT molecular complexity index is 1070. The van der Waals surface area contributed by atoms with Crippen LogP contribution in [0.4, 0.5) is 0 Å². The Morgan fingerprint density at radius 2 is 2.00 bits per heavy atom. The number of carbonyl (C=O) groups is 1. The van der Waals surface area contributed by atoms with Gasteiger partial charge in [0.2, 0.25) is 6.79 Å². The highest BCUT2D eigenvalue weighted by Gasteiger charge is 2.18. The minimum atomic E-state index is -0.172. The first kappa shape index (κ1) is 18.9. The molecular formula is C20H20N2O4S2. The predicted octanol–water partition coefficient (Wildman–Crippen LogP) is 3.47. The van der Waals surface area contributed by atoms with Crippen molar-refractivity contribution in [2.75, 3.05) is 25.9 Å². The van der Waals surface area contributed by atoms with Crippen molar-refractivity contribution in [1.29, 1.82) is 0 Å². The maximum atomic E-state index is 12.6. The molecule has 0 saturated carbocycles. The van der Waals surface area contributed by atoms with Crippen LogP contribution in [0.2, 0.25) is 0 Å². The zero-order valence-electron chi connectivity index (χ0n) is 15.6. The molecule has 1 aliphatic rings. The molecule has 2 aromatic carbocycles. The van der Waals surface area contributed by atoms with Crippen molar-refractivity contribution in [3.8, 4) is 17.2 Å². The minimum absolute atomic E-state index is 0.172. The SMILES string of the molecule is COc1ccc(CC(=O)N=c2sc3cc4c(cc3n2CCSC)OCO4)cc1. The van der Waals surface area contributed by atoms with E-state index in [1.165, 1.54) is 11.3 Å². The van der Waals surface area contributed by atoms with E-state index in [9.17, 15) is 4.79 Å². The van der Waals surface area contributed by atoms with Gasteiger partial charge in [-0.05, 0) is 24.0 Å². The molecule has 146 valence electrons. The summed E-state index contributed by atoms with van der Waals surface area (Å²) in [5.74, 6) is 3.00. The average Bonchev–Trinajstić information content (AvgIpc) is 3.28. The smallest absolute Gasteiger partial charge is 0.252 e. The Morgan fingerprint density at radius 3 is 2.71 bits per heavy atom. The first-order valence-corrected chi connectivity index (χ1v) is 11.0. The highest BCUT2D eigenvalue weighted by atomic mass is 32.2. The summed E-state index contributed by atoms with van der Waals surface area (Å²) >= 11 is 3.25. The van der Waals surface area contributed by atoms with Gasteiger partial charge >= 0.3 is 0 Å². The number of carbonyl (C=O) groups excluding carboxylic acids is 1. The van der Waals surface area contributed by atoms with E-state index in [1.54, 1.807) is 18.9 Å². The van der Waals surface area contributed by atoms with E-state index in [4.69, 9.17) is 14.2 Å². The van der Waals surface area contributed by atoms with E-state index in [2.05, 4.69) is 15.8 Å². The number of thioether (sulfide) groups is 1. The van der Waals surface area contributed by atoms with Gasteiger partial charge < -0.3 is 18.8 Å². The van der Waals surface area contributed by atoms with Crippen molar-refractivity contribution in [3.05, 3.63) is 46.8 Å². The summed E-state index contributed by atoms with van der Waals surface area (Å²) in [4.78, 5) is 17.7. The van der Waals surface area contributed by atoms with Crippen LogP contribution in [0.15, 0.2) is 41.4 Å². The number of ether oxygens (including phenoxy) is 3. The number of amides is 1. The van der Waals surface area contributed by atoms with Gasteiger partial charge in [-0.3, -0.25) is 4.79 Å². The largest absolute Gasteiger partial charge is 0.497 e. The summed E-state index contributed by atoms with van der Waals surface area (Å²) in [7, 11) is 1.62. The molecule has 2 heterocycles. The number of nitrogens with zero attached hydrogens (tertiary/aromatic N) is 2. The van der Waals surface area contributed by atoms with Crippen LogP contribution >= 0.6 is 23.1 Å². The summed E-state index contributed by atoms with van der Waals surface area (Å²) in [6.45, 7) is 1.02. The molecule has 0 unspecified atom stereocenters. The van der Waals surface area contributed by atoms with Crippen LogP contribution in [-0.4, -0.2) is 36.4 Å². The molecule has 0 fully saturated rings. The van der Waals surface area contributed by atoms with Crippen molar-refractivity contribution in [1.82, 2.24) is 4.57 Å². The van der Waals surface area contributed by atoms with E-state index in [0.29, 0.717) is 4.80 Å². The standard InChI is InChI=1S/C20H20N2O4S2/c1-24-14-5-3-13(4-6-14)9-19(23)21-20-22(7-8-27-2)15-10-16-17(26-12-25-16)11-18(15)28-20/h3-6,10-11H,7-9,12H2,1-2H3. The number of hydrogen-bond acceptors (Lipinski definition) is 6. The number of fused-ring (bicyclic) bond motifs is 2. The molecule has 1 aromatic heterocycles. The van der Waals surface area contributed by atoms with E-state index < -0.39 is 0 Å². The fourth-order valence-corrected chi connectivity index (χ4v) is 4.46. The number of aryl methyl sites for hydroxylation is 1. The number of benzene rings is 2. The molecule has 1 amide bonds. The van der Waals surface area contributed by atoms with E-state index in [1.807, 2.05) is 36.4 Å². The topological polar surface area (TPSA) is 62.0 Å². The molecule has 0 radical (unpaired) electrons. The summed E-state index contributed by atoms with van der Waals surface area (Å²) in [6, 6.07) is 11.4. The Hall–Kier alpha value is -2.45. The summed E-state index contributed by atoms with van der Waals surface area (Å²) in [5.41, 5.74) is 1.92. The maximum absolute atomic E-state index is 12.6. The second kappa shape index (κ2) is 8.28. The number of thiazole rings is 1. The van der Waals surface area contributed by atoms with Gasteiger partial charge in [-0.1, -0.05) is 23.5 Å². The quantitative estimate of drug-likeness (QED) is 0.616. The lowest BCUT2D eigenvalue weighted by molar-refractivity contribution is -0.117. The third kappa shape index (κ3) is 3.88. The van der Waals surface area contributed by atoms with E-state index >= 15 is 0 Å². The second-order valence-electron chi connectivity index (χ2n) is 6.23. The summed E-state index contributed by atoms with van der Waals surface area (Å²) in [5, 5.41) is 0. The second-order valence-corrected chi connectivity index (χ2v) is 8.23. The number of aromatic nitrogens is 1. The first-order valence-electron chi connectivity index (χ1n) is 8.80. The molecule has 0 aliphatic carbocycles. The Morgan fingerprint density at radius 1 is 1.25 bits per heavy atom. The Labute approximate surface area is 170 Å². The van der Waals surface area contributed by atoms with Crippen LogP contribution < -0.4 is 19.0 Å². The molecule has 4 rings (SSSR count). The fourth-order valence-electron chi connectivity index (χ4n) is 3.01. The van der Waals surface area contributed by atoms with Crippen LogP contribution in [0.3, 0.4) is 0 Å². The molecule has 0 bridgehead atoms. The zero-order valence-corrected chi connectivity index (χ0v) is 17.3. The third-order valence-electron chi connectivity index (χ3n) is 4.43. The van der Waals surface area contributed by atoms with Crippen molar-refractivity contribution in [2.45, 2.75) is 13.0 Å². The van der Waals surface area contributed by atoms with Gasteiger partial charge in [0, 0.05) is 24.4 Å². The fraction of sp³-hybridized carbons (Fsp3) is 0.300. The van der Waals surface area contributed by atoms with Gasteiger partial charge in [0.05, 0.1) is 23.7 Å². The lowest BCUT2D eigenvalue weighted by Gasteiger charge is -2.05. The first-order chi connectivity index (χ1) is 13.7. The van der Waals surface area contributed by atoms with Gasteiger partial charge in [-0.25, -0.2) is 0 Å². The zero-order chi connectivity index (χ0) is 19.5. The third-order valence-corrected chi connectivity index (χ3v) is 6.06. The lowest BCUT2D eigenvalue weighted by atomic mass is 10.1. The molecule has 0 saturated heterocycles. The van der Waals surface area contributed by atoms with Crippen LogP contribution in [0.1, 0.15) is 5.56 Å². The highest BCUT2D eigenvalue weighted by Crippen LogP contribution is 2.37. The average molecular weight is 417 g/mol. The molecule has 28 heavy (non-hydrogen) atoms. The van der Waals surface area contributed by atoms with Crippen LogP contribution in [0.5, 0.6) is 17.2 Å². The molecule has 0 spiro atoms. The molecular weight excluding hydrogens is 396 g/mol. The van der Waals surface area contributed by atoms with E-state index in [0.717, 1.165) is 45.3 Å². The number of rotatable bonds is 6. The summed E-state index contributed by atoms with van der Waals surface area (Å²) < 4.78 is 19.3. The van der Waals surface area contributed by atoms with Gasteiger partial charge in [0.1, 0.15) is 5.75 Å². The molecule has 3 aromatic rings. The maximum Gasteiger partial charge on any atom is 0.252 e. The molecule has 8 heteroatoms. The van der Waals surface area contributed by atoms with Gasteiger partial charge in [0.25, 0.3) is 5.91 Å². The van der Waals surface area contributed by atoms with Gasteiger partial charge in [-0.2, -0.15) is 16.8 Å². The molecule has 0 N–H and O–H groups in total. The summed E-state index contributed by atoms with van der Waals surface area (Å²) in [6.07, 6.45) is 2.32. The Kier molecular flexibility index (Phi) is 5.59. The van der Waals surface area contributed by atoms with Crippen molar-refractivity contribution in [2.24, 2.45) is 4.99 Å². The number of methoxy groups -OCH3 is 1. The molecule has 6 nitrogen and oxygen atoms in total. The van der Waals surface area contributed by atoms with Crippen LogP contribution in [0.25, 0.3) is 10.2 Å². The van der Waals surface area contributed by atoms with Gasteiger partial charge in [0.15, 0.2) is 16.3 Å². The predicted molar refractivity (Wildman–Crippen MR) is 112 cm³/mol. The van der Waals surface area contributed by atoms with Crippen LogP contribution in [0, 0.1) is 0 Å². The number of hydrogen-bond donors (Lipinski definition) is 0. The minimum Gasteiger partial charge on any atom is -0.497 e. The Balaban J connectivity index is 1.68. The van der Waals surface area contributed by atoms with Crippen molar-refractivity contribution < 1.29 is 19.0 Å². The van der Waals surface area contributed by atoms with Gasteiger partial charge in [-0.15, -0.1) is 0 Å². The monoisotopic (exact) mass is 416 g/mol. The highest BCUT2D eigenvalue weighted by molar-refractivity contribution is 7.98. The molecule has 1 aliphatic heterocycles. The lowest BCUT2D eigenvalue weighted by Crippen LogP contribution is -2.18. The van der Waals surface area contributed by atoms with E-state index in [-0.39, 0.29) is 19.1 Å². The molecule has 0 atom stereocenters. The van der Waals surface area contributed by atoms with Crippen molar-refractivity contribution in [3.63, 3.8) is 0 Å². The van der Waals surface area contributed by atoms with Crippen molar-refractivity contribution >= 4 is 39.2 Å². The van der Waals surface area contributed by atoms with Crippen LogP contribution in [-0.2, 0) is 17.8 Å². The normalized spacial score (nSPS) is 13.3.